The van der Waals surface area contributed by atoms with Crippen molar-refractivity contribution in [3.63, 3.8) is 0 Å². The Balaban J connectivity index is 2.15. The third-order valence-electron chi connectivity index (χ3n) is 3.65. The lowest BCUT2D eigenvalue weighted by Crippen LogP contribution is -2.30. The first kappa shape index (κ1) is 15.2. The average Bonchev–Trinajstić information content (AvgIpc) is 2.71. The molecule has 3 N–H and O–H groups in total. The van der Waals surface area contributed by atoms with Crippen LogP contribution in [0, 0.1) is 23.5 Å². The Morgan fingerprint density at radius 2 is 1.90 bits per heavy atom. The van der Waals surface area contributed by atoms with Crippen LogP contribution in [0.5, 0.6) is 0 Å². The zero-order valence-electron chi connectivity index (χ0n) is 11.2. The maximum atomic E-state index is 13.6. The molecular weight excluding hydrogens is 286 g/mol. The Labute approximate surface area is 117 Å². The third-order valence-corrected chi connectivity index (χ3v) is 5.13. The second kappa shape index (κ2) is 5.65. The first-order valence-electron chi connectivity index (χ1n) is 6.54. The molecule has 1 aromatic carbocycles. The summed E-state index contributed by atoms with van der Waals surface area (Å²) in [5, 5.41) is 0. The normalized spacial score (nSPS) is 23.1. The molecule has 1 aliphatic carbocycles. The van der Waals surface area contributed by atoms with Crippen LogP contribution in [0.1, 0.15) is 26.2 Å². The van der Waals surface area contributed by atoms with Gasteiger partial charge in [-0.25, -0.2) is 21.9 Å². The summed E-state index contributed by atoms with van der Waals surface area (Å²) < 4.78 is 53.5. The Bertz CT molecular complexity index is 581. The molecule has 2 rings (SSSR count). The Kier molecular flexibility index (Phi) is 4.29. The molecule has 1 fully saturated rings. The summed E-state index contributed by atoms with van der Waals surface area (Å²) in [5.74, 6) is -1.56. The number of nitrogen functional groups attached to an aromatic ring is 1. The molecule has 0 bridgehead atoms. The summed E-state index contributed by atoms with van der Waals surface area (Å²) in [6.07, 6.45) is 2.91. The largest absolute Gasteiger partial charge is 0.399 e. The highest BCUT2D eigenvalue weighted by Gasteiger charge is 2.27. The summed E-state index contributed by atoms with van der Waals surface area (Å²) in [6.45, 7) is 2.31. The molecule has 0 spiro atoms. The van der Waals surface area contributed by atoms with E-state index in [0.29, 0.717) is 5.92 Å². The number of nitrogens with two attached hydrogens (primary N) is 1. The number of anilines is 1. The van der Waals surface area contributed by atoms with E-state index in [1.807, 2.05) is 0 Å². The topological polar surface area (TPSA) is 72.2 Å². The monoisotopic (exact) mass is 304 g/mol. The van der Waals surface area contributed by atoms with Crippen LogP contribution in [-0.4, -0.2) is 15.0 Å². The SMILES string of the molecule is CC1CCC(CNS(=O)(=O)c2c(F)cc(N)cc2F)C1. The minimum Gasteiger partial charge on any atom is -0.399 e. The van der Waals surface area contributed by atoms with Crippen LogP contribution in [0.4, 0.5) is 14.5 Å². The van der Waals surface area contributed by atoms with Crippen molar-refractivity contribution in [1.82, 2.24) is 4.72 Å². The first-order chi connectivity index (χ1) is 9.29. The van der Waals surface area contributed by atoms with E-state index in [0.717, 1.165) is 31.4 Å². The van der Waals surface area contributed by atoms with Crippen molar-refractivity contribution in [2.45, 2.75) is 31.1 Å². The predicted octanol–water partition coefficient (Wildman–Crippen LogP) is 2.26. The van der Waals surface area contributed by atoms with E-state index < -0.39 is 26.6 Å². The number of halogens is 2. The summed E-state index contributed by atoms with van der Waals surface area (Å²) in [6, 6.07) is 1.60. The van der Waals surface area contributed by atoms with Crippen LogP contribution in [0.3, 0.4) is 0 Å². The number of hydrogen-bond acceptors (Lipinski definition) is 3. The molecule has 0 amide bonds. The Morgan fingerprint density at radius 1 is 1.30 bits per heavy atom. The molecule has 2 unspecified atom stereocenters. The maximum absolute atomic E-state index is 13.6. The molecule has 112 valence electrons. The molecule has 0 saturated heterocycles. The van der Waals surface area contributed by atoms with Gasteiger partial charge in [-0.15, -0.1) is 0 Å². The molecule has 1 aromatic rings. The van der Waals surface area contributed by atoms with Crippen LogP contribution in [0.15, 0.2) is 17.0 Å². The summed E-state index contributed by atoms with van der Waals surface area (Å²) in [7, 11) is -4.20. The molecule has 1 saturated carbocycles. The van der Waals surface area contributed by atoms with E-state index >= 15 is 0 Å². The summed E-state index contributed by atoms with van der Waals surface area (Å²) in [4.78, 5) is -0.960. The van der Waals surface area contributed by atoms with Crippen molar-refractivity contribution < 1.29 is 17.2 Å². The number of sulfonamides is 1. The molecule has 7 heteroatoms. The third kappa shape index (κ3) is 3.27. The summed E-state index contributed by atoms with van der Waals surface area (Å²) >= 11 is 0. The van der Waals surface area contributed by atoms with Gasteiger partial charge < -0.3 is 5.73 Å². The molecule has 0 aliphatic heterocycles. The Morgan fingerprint density at radius 3 is 2.40 bits per heavy atom. The van der Waals surface area contributed by atoms with E-state index in [1.165, 1.54) is 0 Å². The van der Waals surface area contributed by atoms with E-state index in [1.54, 1.807) is 0 Å². The van der Waals surface area contributed by atoms with Gasteiger partial charge in [0.05, 0.1) is 0 Å². The fourth-order valence-corrected chi connectivity index (χ4v) is 3.88. The highest BCUT2D eigenvalue weighted by atomic mass is 32.2. The van der Waals surface area contributed by atoms with Gasteiger partial charge in [0.1, 0.15) is 11.6 Å². The van der Waals surface area contributed by atoms with Crippen molar-refractivity contribution >= 4 is 15.7 Å². The lowest BCUT2D eigenvalue weighted by atomic mass is 10.1. The van der Waals surface area contributed by atoms with E-state index in [-0.39, 0.29) is 18.2 Å². The minimum atomic E-state index is -4.20. The van der Waals surface area contributed by atoms with Crippen molar-refractivity contribution in [1.29, 1.82) is 0 Å². The smallest absolute Gasteiger partial charge is 0.246 e. The standard InChI is InChI=1S/C13H18F2N2O2S/c1-8-2-3-9(4-8)7-17-20(18,19)13-11(14)5-10(16)6-12(13)15/h5-6,8-9,17H,2-4,7,16H2,1H3. The van der Waals surface area contributed by atoms with Gasteiger partial charge in [0.25, 0.3) is 0 Å². The molecule has 1 aliphatic rings. The lowest BCUT2D eigenvalue weighted by Gasteiger charge is -2.13. The lowest BCUT2D eigenvalue weighted by molar-refractivity contribution is 0.487. The zero-order valence-corrected chi connectivity index (χ0v) is 12.0. The maximum Gasteiger partial charge on any atom is 0.246 e. The van der Waals surface area contributed by atoms with Gasteiger partial charge in [0, 0.05) is 12.2 Å². The highest BCUT2D eigenvalue weighted by Crippen LogP contribution is 2.30. The number of rotatable bonds is 4. The van der Waals surface area contributed by atoms with Crippen LogP contribution in [-0.2, 0) is 10.0 Å². The van der Waals surface area contributed by atoms with E-state index in [4.69, 9.17) is 5.73 Å². The molecule has 4 nitrogen and oxygen atoms in total. The molecule has 2 atom stereocenters. The van der Waals surface area contributed by atoms with E-state index in [9.17, 15) is 17.2 Å². The van der Waals surface area contributed by atoms with Gasteiger partial charge in [0.2, 0.25) is 10.0 Å². The molecule has 0 aromatic heterocycles. The fraction of sp³-hybridized carbons (Fsp3) is 0.538. The second-order valence-corrected chi connectivity index (χ2v) is 7.15. The second-order valence-electron chi connectivity index (χ2n) is 5.45. The number of benzene rings is 1. The van der Waals surface area contributed by atoms with Crippen LogP contribution < -0.4 is 10.5 Å². The highest BCUT2D eigenvalue weighted by molar-refractivity contribution is 7.89. The fourth-order valence-electron chi connectivity index (χ4n) is 2.65. The van der Waals surface area contributed by atoms with Crippen molar-refractivity contribution in [3.8, 4) is 0 Å². The van der Waals surface area contributed by atoms with Crippen LogP contribution >= 0.6 is 0 Å². The van der Waals surface area contributed by atoms with Crippen molar-refractivity contribution in [3.05, 3.63) is 23.8 Å². The minimum absolute atomic E-state index is 0.149. The average molecular weight is 304 g/mol. The Hall–Kier alpha value is -1.21. The molecule has 0 radical (unpaired) electrons. The van der Waals surface area contributed by atoms with Crippen molar-refractivity contribution in [2.24, 2.45) is 11.8 Å². The van der Waals surface area contributed by atoms with Gasteiger partial charge in [-0.05, 0) is 36.8 Å². The molecule has 20 heavy (non-hydrogen) atoms. The van der Waals surface area contributed by atoms with Gasteiger partial charge in [-0.3, -0.25) is 0 Å². The first-order valence-corrected chi connectivity index (χ1v) is 8.02. The van der Waals surface area contributed by atoms with Crippen LogP contribution in [0.2, 0.25) is 0 Å². The van der Waals surface area contributed by atoms with E-state index in [2.05, 4.69) is 11.6 Å². The van der Waals surface area contributed by atoms with Gasteiger partial charge in [-0.1, -0.05) is 13.3 Å². The predicted molar refractivity (Wildman–Crippen MR) is 72.5 cm³/mol. The zero-order chi connectivity index (χ0) is 14.9. The van der Waals surface area contributed by atoms with Gasteiger partial charge in [-0.2, -0.15) is 0 Å². The summed E-state index contributed by atoms with van der Waals surface area (Å²) in [5.41, 5.74) is 5.12. The molecule has 0 heterocycles. The van der Waals surface area contributed by atoms with Gasteiger partial charge in [0.15, 0.2) is 4.90 Å². The number of nitrogens with one attached hydrogen (secondary N) is 1. The van der Waals surface area contributed by atoms with Gasteiger partial charge >= 0.3 is 0 Å². The number of hydrogen-bond donors (Lipinski definition) is 2. The molecular formula is C13H18F2N2O2S. The van der Waals surface area contributed by atoms with Crippen LogP contribution in [0.25, 0.3) is 0 Å². The quantitative estimate of drug-likeness (QED) is 0.838. The van der Waals surface area contributed by atoms with Crippen molar-refractivity contribution in [2.75, 3.05) is 12.3 Å².